The smallest absolute Gasteiger partial charge is 0.168 e. The van der Waals surface area contributed by atoms with Crippen molar-refractivity contribution in [3.8, 4) is 5.75 Å². The van der Waals surface area contributed by atoms with E-state index in [0.29, 0.717) is 23.7 Å². The van der Waals surface area contributed by atoms with Crippen LogP contribution in [0.4, 0.5) is 4.39 Å². The molecule has 104 valence electrons. The van der Waals surface area contributed by atoms with Gasteiger partial charge in [-0.25, -0.2) is 4.39 Å². The molecule has 0 bridgehead atoms. The summed E-state index contributed by atoms with van der Waals surface area (Å²) in [6.45, 7) is 0. The summed E-state index contributed by atoms with van der Waals surface area (Å²) in [7, 11) is 1.50. The molecule has 0 heterocycles. The Morgan fingerprint density at radius 1 is 1.32 bits per heavy atom. The number of methoxy groups -OCH3 is 1. The quantitative estimate of drug-likeness (QED) is 0.905. The van der Waals surface area contributed by atoms with Crippen LogP contribution in [0.15, 0.2) is 18.2 Å². The van der Waals surface area contributed by atoms with E-state index in [0.717, 1.165) is 11.8 Å². The minimum absolute atomic E-state index is 0.0923. The molecule has 0 amide bonds. The van der Waals surface area contributed by atoms with E-state index in [9.17, 15) is 4.39 Å². The number of ether oxygens (including phenoxy) is 1. The lowest BCUT2D eigenvalue weighted by atomic mass is 10.00. The van der Waals surface area contributed by atoms with Crippen molar-refractivity contribution in [2.75, 3.05) is 7.11 Å². The Morgan fingerprint density at radius 3 is 2.63 bits per heavy atom. The maximum absolute atomic E-state index is 14.1. The van der Waals surface area contributed by atoms with Crippen molar-refractivity contribution in [2.45, 2.75) is 38.1 Å². The molecule has 3 unspecified atom stereocenters. The van der Waals surface area contributed by atoms with Gasteiger partial charge < -0.3 is 10.5 Å². The molecule has 0 saturated heterocycles. The van der Waals surface area contributed by atoms with E-state index in [1.807, 2.05) is 12.1 Å². The molecule has 0 aliphatic heterocycles. The second kappa shape index (κ2) is 5.12. The van der Waals surface area contributed by atoms with Crippen LogP contribution in [0.5, 0.6) is 5.75 Å². The maximum Gasteiger partial charge on any atom is 0.168 e. The molecule has 2 fully saturated rings. The summed E-state index contributed by atoms with van der Waals surface area (Å²) >= 11 is 0. The second-order valence-electron chi connectivity index (χ2n) is 5.99. The predicted octanol–water partition coefficient (Wildman–Crippen LogP) is 3.14. The van der Waals surface area contributed by atoms with Crippen LogP contribution in [0.2, 0.25) is 0 Å². The fourth-order valence-electron chi connectivity index (χ4n) is 3.94. The Balaban J connectivity index is 1.68. The third kappa shape index (κ3) is 2.36. The van der Waals surface area contributed by atoms with E-state index < -0.39 is 0 Å². The molecule has 0 radical (unpaired) electrons. The fourth-order valence-corrected chi connectivity index (χ4v) is 3.94. The Hall–Kier alpha value is -1.09. The van der Waals surface area contributed by atoms with Crippen LogP contribution in [0.25, 0.3) is 0 Å². The normalized spacial score (nSPS) is 30.6. The molecule has 2 aliphatic rings. The minimum atomic E-state index is -0.246. The molecule has 0 aromatic heterocycles. The third-order valence-corrected chi connectivity index (χ3v) is 4.94. The monoisotopic (exact) mass is 263 g/mol. The van der Waals surface area contributed by atoms with Gasteiger partial charge in [-0.1, -0.05) is 25.0 Å². The summed E-state index contributed by atoms with van der Waals surface area (Å²) in [6.07, 6.45) is 5.96. The van der Waals surface area contributed by atoms with Gasteiger partial charge in [-0.05, 0) is 48.6 Å². The largest absolute Gasteiger partial charge is 0.494 e. The van der Waals surface area contributed by atoms with Gasteiger partial charge in [0.1, 0.15) is 0 Å². The molecule has 3 heteroatoms. The van der Waals surface area contributed by atoms with E-state index in [-0.39, 0.29) is 11.9 Å². The van der Waals surface area contributed by atoms with E-state index >= 15 is 0 Å². The van der Waals surface area contributed by atoms with Gasteiger partial charge in [-0.15, -0.1) is 0 Å². The van der Waals surface area contributed by atoms with Crippen molar-refractivity contribution in [3.05, 3.63) is 29.6 Å². The van der Waals surface area contributed by atoms with Crippen LogP contribution in [-0.2, 0) is 6.42 Å². The van der Waals surface area contributed by atoms with Gasteiger partial charge in [0, 0.05) is 6.04 Å². The highest BCUT2D eigenvalue weighted by molar-refractivity contribution is 5.32. The lowest BCUT2D eigenvalue weighted by Crippen LogP contribution is -2.27. The van der Waals surface area contributed by atoms with Crippen LogP contribution in [-0.4, -0.2) is 13.2 Å². The van der Waals surface area contributed by atoms with Crippen LogP contribution >= 0.6 is 0 Å². The molecule has 3 rings (SSSR count). The first kappa shape index (κ1) is 12.9. The first-order valence-electron chi connectivity index (χ1n) is 7.29. The number of nitrogens with two attached hydrogens (primary N) is 1. The lowest BCUT2D eigenvalue weighted by molar-refractivity contribution is 0.382. The molecule has 1 aromatic rings. The minimum Gasteiger partial charge on any atom is -0.494 e. The van der Waals surface area contributed by atoms with Gasteiger partial charge in [-0.2, -0.15) is 0 Å². The molecule has 0 spiro atoms. The number of hydrogen-bond acceptors (Lipinski definition) is 2. The van der Waals surface area contributed by atoms with Gasteiger partial charge in [0.15, 0.2) is 11.6 Å². The summed E-state index contributed by atoms with van der Waals surface area (Å²) in [4.78, 5) is 0. The molecule has 2 aliphatic carbocycles. The SMILES string of the molecule is COc1cccc(CC(N)C2C3CCCCC32)c1F. The first-order valence-corrected chi connectivity index (χ1v) is 7.29. The molecular weight excluding hydrogens is 241 g/mol. The van der Waals surface area contributed by atoms with E-state index in [1.54, 1.807) is 6.07 Å². The number of benzene rings is 1. The summed E-state index contributed by atoms with van der Waals surface area (Å²) in [5, 5.41) is 0. The maximum atomic E-state index is 14.1. The van der Waals surface area contributed by atoms with Gasteiger partial charge in [-0.3, -0.25) is 0 Å². The van der Waals surface area contributed by atoms with E-state index in [4.69, 9.17) is 10.5 Å². The number of fused-ring (bicyclic) bond motifs is 1. The summed E-state index contributed by atoms with van der Waals surface area (Å²) < 4.78 is 19.1. The standard InChI is InChI=1S/C16H22FNO/c1-19-14-8-4-5-10(16(14)17)9-13(18)15-11-6-2-3-7-12(11)15/h4-5,8,11-13,15H,2-3,6-7,9,18H2,1H3. The predicted molar refractivity (Wildman–Crippen MR) is 73.6 cm³/mol. The van der Waals surface area contributed by atoms with Gasteiger partial charge in [0.2, 0.25) is 0 Å². The Labute approximate surface area is 114 Å². The highest BCUT2D eigenvalue weighted by Crippen LogP contribution is 2.56. The van der Waals surface area contributed by atoms with Crippen molar-refractivity contribution in [3.63, 3.8) is 0 Å². The lowest BCUT2D eigenvalue weighted by Gasteiger charge is -2.13. The topological polar surface area (TPSA) is 35.2 Å². The molecular formula is C16H22FNO. The molecule has 3 atom stereocenters. The molecule has 2 N–H and O–H groups in total. The highest BCUT2D eigenvalue weighted by Gasteiger charge is 2.52. The third-order valence-electron chi connectivity index (χ3n) is 4.94. The highest BCUT2D eigenvalue weighted by atomic mass is 19.1. The Kier molecular flexibility index (Phi) is 3.48. The van der Waals surface area contributed by atoms with Crippen molar-refractivity contribution in [1.29, 1.82) is 0 Å². The van der Waals surface area contributed by atoms with E-state index in [1.165, 1.54) is 32.8 Å². The molecule has 1 aromatic carbocycles. The summed E-state index contributed by atoms with van der Waals surface area (Å²) in [5.41, 5.74) is 7.01. The average molecular weight is 263 g/mol. The fraction of sp³-hybridized carbons (Fsp3) is 0.625. The van der Waals surface area contributed by atoms with Crippen molar-refractivity contribution < 1.29 is 9.13 Å². The molecule has 2 nitrogen and oxygen atoms in total. The summed E-state index contributed by atoms with van der Waals surface area (Å²) in [5.74, 6) is 2.32. The average Bonchev–Trinajstić information content (AvgIpc) is 3.15. The van der Waals surface area contributed by atoms with Crippen LogP contribution in [0.1, 0.15) is 31.2 Å². The summed E-state index contributed by atoms with van der Waals surface area (Å²) in [6, 6.07) is 5.41. The Bertz CT molecular complexity index is 450. The number of rotatable bonds is 4. The van der Waals surface area contributed by atoms with Crippen LogP contribution < -0.4 is 10.5 Å². The number of hydrogen-bond donors (Lipinski definition) is 1. The Morgan fingerprint density at radius 2 is 2.00 bits per heavy atom. The van der Waals surface area contributed by atoms with Gasteiger partial charge in [0.25, 0.3) is 0 Å². The van der Waals surface area contributed by atoms with Gasteiger partial charge >= 0.3 is 0 Å². The zero-order valence-electron chi connectivity index (χ0n) is 11.4. The molecule has 19 heavy (non-hydrogen) atoms. The van der Waals surface area contributed by atoms with Crippen LogP contribution in [0, 0.1) is 23.6 Å². The zero-order valence-corrected chi connectivity index (χ0v) is 11.4. The second-order valence-corrected chi connectivity index (χ2v) is 5.99. The molecule has 2 saturated carbocycles. The van der Waals surface area contributed by atoms with Crippen LogP contribution in [0.3, 0.4) is 0 Å². The van der Waals surface area contributed by atoms with E-state index in [2.05, 4.69) is 0 Å². The first-order chi connectivity index (χ1) is 9.22. The van der Waals surface area contributed by atoms with Crippen molar-refractivity contribution >= 4 is 0 Å². The number of halogens is 1. The van der Waals surface area contributed by atoms with Crippen molar-refractivity contribution in [1.82, 2.24) is 0 Å². The van der Waals surface area contributed by atoms with Gasteiger partial charge in [0.05, 0.1) is 7.11 Å². The van der Waals surface area contributed by atoms with Crippen molar-refractivity contribution in [2.24, 2.45) is 23.5 Å². The zero-order chi connectivity index (χ0) is 13.4.